The molecule has 3 aromatic rings. The van der Waals surface area contributed by atoms with Crippen LogP contribution in [0, 0.1) is 5.92 Å². The summed E-state index contributed by atoms with van der Waals surface area (Å²) < 4.78 is 39.2. The van der Waals surface area contributed by atoms with Crippen LogP contribution < -0.4 is 4.74 Å². The molecule has 5 rings (SSSR count). The highest BCUT2D eigenvalue weighted by Gasteiger charge is 2.27. The maximum atomic E-state index is 13.1. The van der Waals surface area contributed by atoms with E-state index in [1.54, 1.807) is 4.68 Å². The number of hydrogen-bond donors (Lipinski definition) is 0. The fourth-order valence-corrected chi connectivity index (χ4v) is 6.07. The maximum absolute atomic E-state index is 13.1. The Morgan fingerprint density at radius 1 is 1.27 bits per heavy atom. The van der Waals surface area contributed by atoms with Gasteiger partial charge in [-0.15, -0.1) is 0 Å². The predicted molar refractivity (Wildman–Crippen MR) is 139 cm³/mol. The molecule has 0 amide bonds. The molecule has 1 saturated heterocycles. The van der Waals surface area contributed by atoms with Crippen molar-refractivity contribution in [3.05, 3.63) is 40.5 Å². The smallest absolute Gasteiger partial charge is 0.278 e. The first-order valence-corrected chi connectivity index (χ1v) is 13.8. The van der Waals surface area contributed by atoms with Crippen LogP contribution in [0.4, 0.5) is 8.78 Å². The van der Waals surface area contributed by atoms with Gasteiger partial charge >= 0.3 is 0 Å². The second-order valence-corrected chi connectivity index (χ2v) is 11.5. The number of halogens is 2. The van der Waals surface area contributed by atoms with Crippen molar-refractivity contribution in [3.8, 4) is 5.19 Å². The lowest BCUT2D eigenvalue weighted by molar-refractivity contribution is -0.0242. The van der Waals surface area contributed by atoms with E-state index in [1.165, 1.54) is 11.3 Å². The molecule has 4 heterocycles. The number of fused-ring (bicyclic) bond motifs is 2. The van der Waals surface area contributed by atoms with Crippen molar-refractivity contribution >= 4 is 28.0 Å². The Balaban J connectivity index is 1.03. The lowest BCUT2D eigenvalue weighted by Crippen LogP contribution is -2.33. The van der Waals surface area contributed by atoms with Gasteiger partial charge in [-0.05, 0) is 37.7 Å². The van der Waals surface area contributed by atoms with Crippen molar-refractivity contribution in [1.82, 2.24) is 19.7 Å². The van der Waals surface area contributed by atoms with Gasteiger partial charge in [0, 0.05) is 68.5 Å². The molecule has 0 unspecified atom stereocenters. The summed E-state index contributed by atoms with van der Waals surface area (Å²) in [6, 6.07) is 5.74. The molecule has 2 aliphatic heterocycles. The number of alkyl halides is 2. The minimum absolute atomic E-state index is 0.155. The van der Waals surface area contributed by atoms with E-state index in [9.17, 15) is 13.6 Å². The molecule has 2 aliphatic rings. The average Bonchev–Trinajstić information content (AvgIpc) is 3.38. The molecule has 1 fully saturated rings. The summed E-state index contributed by atoms with van der Waals surface area (Å²) in [5, 5.41) is 5.80. The molecule has 0 bridgehead atoms. The predicted octanol–water partition coefficient (Wildman–Crippen LogP) is 4.92. The normalized spacial score (nSPS) is 21.1. The number of Topliss-reactive ketones (excluding diaryl/α,β-unsaturated/α-hetero) is 1. The number of rotatable bonds is 9. The summed E-state index contributed by atoms with van der Waals surface area (Å²) in [5.41, 5.74) is 2.55. The molecule has 2 atom stereocenters. The first-order valence-electron chi connectivity index (χ1n) is 13.0. The molecule has 0 N–H and O–H groups in total. The Hall–Kier alpha value is -2.43. The standard InChI is InChI=1S/C27H34F2N4O3S/c1-27(28,29)17-36-26-30-22-8-11-33(12-9-25(22)37-26)10-7-21-6-3-18(16-35-21)13-24(34)19-4-5-20-15-32(2)31-23(20)14-19/h4-5,14-15,18,21H,3,6-13,16-17H2,1-2H3/t18-,21-/m1/s1. The zero-order valence-corrected chi connectivity index (χ0v) is 22.2. The number of carbonyl (C=O) groups excluding carboxylic acids is 1. The van der Waals surface area contributed by atoms with Crippen molar-refractivity contribution in [2.75, 3.05) is 32.8 Å². The third-order valence-corrected chi connectivity index (χ3v) is 8.25. The molecule has 7 nitrogen and oxygen atoms in total. The van der Waals surface area contributed by atoms with Crippen molar-refractivity contribution < 1.29 is 23.0 Å². The number of ketones is 1. The summed E-state index contributed by atoms with van der Waals surface area (Å²) in [6.45, 7) is 3.61. The van der Waals surface area contributed by atoms with Crippen molar-refractivity contribution in [3.63, 3.8) is 0 Å². The summed E-state index contributed by atoms with van der Waals surface area (Å²) in [4.78, 5) is 20.9. The summed E-state index contributed by atoms with van der Waals surface area (Å²) in [5.74, 6) is -2.44. The number of hydrogen-bond acceptors (Lipinski definition) is 7. The fourth-order valence-electron chi connectivity index (χ4n) is 5.13. The maximum Gasteiger partial charge on any atom is 0.278 e. The number of nitrogens with zero attached hydrogens (tertiary/aromatic N) is 4. The van der Waals surface area contributed by atoms with Crippen molar-refractivity contribution in [2.24, 2.45) is 13.0 Å². The van der Waals surface area contributed by atoms with Crippen LogP contribution in [0.3, 0.4) is 0 Å². The van der Waals surface area contributed by atoms with E-state index in [1.807, 2.05) is 31.4 Å². The SMILES string of the molecule is Cn1cc2ccc(C(=O)C[C@H]3CC[C@H](CCN4CCc5nc(OCC(C)(F)F)sc5CC4)OC3)cc2n1. The zero-order chi connectivity index (χ0) is 26.0. The minimum Gasteiger partial charge on any atom is -0.464 e. The summed E-state index contributed by atoms with van der Waals surface area (Å²) >= 11 is 1.39. The average molecular weight is 533 g/mol. The van der Waals surface area contributed by atoms with Crippen LogP contribution in [0.15, 0.2) is 24.4 Å². The van der Waals surface area contributed by atoms with E-state index in [2.05, 4.69) is 15.0 Å². The Morgan fingerprint density at radius 3 is 2.89 bits per heavy atom. The van der Waals surface area contributed by atoms with Gasteiger partial charge in [-0.3, -0.25) is 9.48 Å². The van der Waals surface area contributed by atoms with E-state index < -0.39 is 12.5 Å². The molecule has 200 valence electrons. The van der Waals surface area contributed by atoms with Gasteiger partial charge in [-0.2, -0.15) is 5.10 Å². The van der Waals surface area contributed by atoms with Gasteiger partial charge in [0.1, 0.15) is 0 Å². The lowest BCUT2D eigenvalue weighted by atomic mass is 9.90. The molecular formula is C27H34F2N4O3S. The van der Waals surface area contributed by atoms with Crippen LogP contribution in [0.1, 0.15) is 53.5 Å². The zero-order valence-electron chi connectivity index (χ0n) is 21.4. The van der Waals surface area contributed by atoms with E-state index in [4.69, 9.17) is 9.47 Å². The molecule has 0 saturated carbocycles. The van der Waals surface area contributed by atoms with E-state index in [0.29, 0.717) is 18.2 Å². The first-order chi connectivity index (χ1) is 17.7. The number of carbonyl (C=O) groups is 1. The van der Waals surface area contributed by atoms with Crippen molar-refractivity contribution in [1.29, 1.82) is 0 Å². The van der Waals surface area contributed by atoms with Crippen LogP contribution in [-0.4, -0.2) is 70.3 Å². The van der Waals surface area contributed by atoms with Gasteiger partial charge in [0.2, 0.25) is 0 Å². The van der Waals surface area contributed by atoms with Gasteiger partial charge in [0.05, 0.1) is 23.9 Å². The van der Waals surface area contributed by atoms with Gasteiger partial charge < -0.3 is 14.4 Å². The molecule has 10 heteroatoms. The molecule has 37 heavy (non-hydrogen) atoms. The lowest BCUT2D eigenvalue weighted by Gasteiger charge is -2.30. The monoisotopic (exact) mass is 532 g/mol. The Labute approximate surface area is 219 Å². The molecule has 1 aromatic carbocycles. The van der Waals surface area contributed by atoms with Crippen molar-refractivity contribution in [2.45, 2.75) is 57.5 Å². The largest absolute Gasteiger partial charge is 0.464 e. The number of benzene rings is 1. The topological polar surface area (TPSA) is 69.5 Å². The highest BCUT2D eigenvalue weighted by Crippen LogP contribution is 2.30. The van der Waals surface area contributed by atoms with Crippen LogP contribution in [0.2, 0.25) is 0 Å². The van der Waals surface area contributed by atoms with E-state index in [-0.39, 0.29) is 17.8 Å². The van der Waals surface area contributed by atoms with Gasteiger partial charge in [0.15, 0.2) is 12.4 Å². The van der Waals surface area contributed by atoms with Gasteiger partial charge in [-0.25, -0.2) is 13.8 Å². The Bertz CT molecular complexity index is 1200. The third kappa shape index (κ3) is 6.91. The molecule has 0 spiro atoms. The molecule has 0 radical (unpaired) electrons. The number of ether oxygens (including phenoxy) is 2. The summed E-state index contributed by atoms with van der Waals surface area (Å²) in [7, 11) is 1.88. The van der Waals surface area contributed by atoms with Crippen LogP contribution in [0.25, 0.3) is 10.9 Å². The second kappa shape index (κ2) is 11.1. The number of aromatic nitrogens is 3. The molecule has 0 aliphatic carbocycles. The van der Waals surface area contributed by atoms with Gasteiger partial charge in [0.25, 0.3) is 11.1 Å². The Morgan fingerprint density at radius 2 is 2.11 bits per heavy atom. The van der Waals surface area contributed by atoms with E-state index in [0.717, 1.165) is 85.7 Å². The van der Waals surface area contributed by atoms with Crippen LogP contribution in [-0.2, 0) is 24.6 Å². The molecular weight excluding hydrogens is 498 g/mol. The minimum atomic E-state index is -2.86. The Kier molecular flexibility index (Phi) is 7.88. The van der Waals surface area contributed by atoms with Gasteiger partial charge in [-0.1, -0.05) is 23.5 Å². The highest BCUT2D eigenvalue weighted by atomic mass is 32.1. The second-order valence-electron chi connectivity index (χ2n) is 10.4. The number of aryl methyl sites for hydroxylation is 1. The number of thiazole rings is 1. The first kappa shape index (κ1) is 26.2. The molecule has 2 aromatic heterocycles. The quantitative estimate of drug-likeness (QED) is 0.365. The fraction of sp³-hybridized carbons (Fsp3) is 0.593. The highest BCUT2D eigenvalue weighted by molar-refractivity contribution is 7.13. The van der Waals surface area contributed by atoms with Crippen LogP contribution in [0.5, 0.6) is 5.19 Å². The third-order valence-electron chi connectivity index (χ3n) is 7.18. The van der Waals surface area contributed by atoms with E-state index >= 15 is 0 Å². The van der Waals surface area contributed by atoms with Crippen LogP contribution >= 0.6 is 11.3 Å². The summed E-state index contributed by atoms with van der Waals surface area (Å²) in [6.07, 6.45) is 7.29.